The second-order valence-electron chi connectivity index (χ2n) is 10.5. The number of carbonyl (C=O) groups excluding carboxylic acids is 4. The molecule has 41 heavy (non-hydrogen) atoms. The quantitative estimate of drug-likeness (QED) is 0.319. The average molecular weight is 584 g/mol. The van der Waals surface area contributed by atoms with Gasteiger partial charge < -0.3 is 25.2 Å². The minimum atomic E-state index is -0.720. The number of benzene rings is 1. The van der Waals surface area contributed by atoms with Gasteiger partial charge in [0, 0.05) is 56.0 Å². The molecule has 2 aliphatic rings. The van der Waals surface area contributed by atoms with Gasteiger partial charge in [0.15, 0.2) is 5.01 Å². The topological polar surface area (TPSA) is 148 Å². The van der Waals surface area contributed by atoms with E-state index in [0.29, 0.717) is 30.0 Å². The predicted octanol–water partition coefficient (Wildman–Crippen LogP) is 2.49. The maximum atomic E-state index is 13.4. The van der Waals surface area contributed by atoms with E-state index in [1.807, 2.05) is 7.05 Å². The predicted molar refractivity (Wildman–Crippen MR) is 155 cm³/mol. The molecule has 1 aromatic carbocycles. The van der Waals surface area contributed by atoms with Crippen LogP contribution in [0.4, 0.5) is 10.5 Å². The number of amides is 4. The number of nitrogens with zero attached hydrogens (tertiary/aromatic N) is 4. The second kappa shape index (κ2) is 13.2. The molecule has 0 radical (unpaired) electrons. The summed E-state index contributed by atoms with van der Waals surface area (Å²) in [5.74, 6) is -1.00. The number of ether oxygens (including phenoxy) is 1. The molecule has 3 atom stereocenters. The fourth-order valence-electron chi connectivity index (χ4n) is 5.22. The van der Waals surface area contributed by atoms with E-state index in [2.05, 4.69) is 20.5 Å². The minimum absolute atomic E-state index is 0.0137. The zero-order chi connectivity index (χ0) is 29.7. The molecule has 3 N–H and O–H groups in total. The van der Waals surface area contributed by atoms with Crippen molar-refractivity contribution in [2.75, 3.05) is 39.2 Å². The Hall–Kier alpha value is -3.84. The van der Waals surface area contributed by atoms with Gasteiger partial charge in [0.25, 0.3) is 11.8 Å². The van der Waals surface area contributed by atoms with Crippen LogP contribution in [-0.2, 0) is 22.5 Å². The number of hydrogen-bond donors (Lipinski definition) is 3. The third kappa shape index (κ3) is 7.09. The Morgan fingerprint density at radius 3 is 2.63 bits per heavy atom. The Labute approximate surface area is 243 Å². The summed E-state index contributed by atoms with van der Waals surface area (Å²) < 4.78 is 4.99. The molecule has 0 saturated heterocycles. The van der Waals surface area contributed by atoms with Crippen LogP contribution < -0.4 is 15.5 Å². The molecule has 13 heteroatoms. The molecule has 12 nitrogen and oxygen atoms in total. The van der Waals surface area contributed by atoms with Gasteiger partial charge in [-0.2, -0.15) is 0 Å². The molecule has 4 amide bonds. The van der Waals surface area contributed by atoms with Crippen molar-refractivity contribution in [2.24, 2.45) is 5.92 Å². The summed E-state index contributed by atoms with van der Waals surface area (Å²) in [6.07, 6.45) is 2.35. The third-order valence-corrected chi connectivity index (χ3v) is 8.45. The highest BCUT2D eigenvalue weighted by Crippen LogP contribution is 2.29. The molecular weight excluding hydrogens is 546 g/mol. The van der Waals surface area contributed by atoms with E-state index in [1.165, 1.54) is 17.4 Å². The molecule has 0 unspecified atom stereocenters. The summed E-state index contributed by atoms with van der Waals surface area (Å²) in [6.45, 7) is 3.46. The number of nitrogens with one attached hydrogen (secondary N) is 3. The molecule has 2 aromatic rings. The molecule has 1 aromatic heterocycles. The lowest BCUT2D eigenvalue weighted by Crippen LogP contribution is -2.55. The maximum absolute atomic E-state index is 13.4. The van der Waals surface area contributed by atoms with Gasteiger partial charge in [-0.25, -0.2) is 14.7 Å². The number of carbonyl (C=O) groups is 4. The maximum Gasteiger partial charge on any atom is 0.419 e. The van der Waals surface area contributed by atoms with Gasteiger partial charge in [-0.15, -0.1) is 11.3 Å². The monoisotopic (exact) mass is 583 g/mol. The molecule has 0 spiro atoms. The summed E-state index contributed by atoms with van der Waals surface area (Å²) in [5, 5.41) is 14.1. The van der Waals surface area contributed by atoms with E-state index in [0.717, 1.165) is 41.3 Å². The molecule has 1 aliphatic carbocycles. The molecule has 1 fully saturated rings. The van der Waals surface area contributed by atoms with Gasteiger partial charge >= 0.3 is 6.09 Å². The first-order valence-electron chi connectivity index (χ1n) is 13.7. The van der Waals surface area contributed by atoms with Crippen LogP contribution in [0.5, 0.6) is 0 Å². The van der Waals surface area contributed by atoms with Crippen LogP contribution in [0.3, 0.4) is 0 Å². The normalized spacial score (nSPS) is 20.3. The number of rotatable bonds is 8. The van der Waals surface area contributed by atoms with Crippen molar-refractivity contribution < 1.29 is 23.9 Å². The van der Waals surface area contributed by atoms with Gasteiger partial charge in [-0.1, -0.05) is 6.07 Å². The summed E-state index contributed by atoms with van der Waals surface area (Å²) >= 11 is 1.38. The lowest BCUT2D eigenvalue weighted by atomic mass is 9.81. The second-order valence-corrected chi connectivity index (χ2v) is 11.6. The van der Waals surface area contributed by atoms with Gasteiger partial charge in [0.1, 0.15) is 0 Å². The Kier molecular flexibility index (Phi) is 9.71. The highest BCUT2D eigenvalue weighted by molar-refractivity contribution is 7.13. The largest absolute Gasteiger partial charge is 0.449 e. The summed E-state index contributed by atoms with van der Waals surface area (Å²) in [6, 6.07) is 5.42. The summed E-state index contributed by atoms with van der Waals surface area (Å²) in [4.78, 5) is 62.1. The van der Waals surface area contributed by atoms with Crippen molar-refractivity contribution in [3.8, 4) is 0 Å². The summed E-state index contributed by atoms with van der Waals surface area (Å²) in [7, 11) is 5.46. The Balaban J connectivity index is 1.52. The van der Waals surface area contributed by atoms with Crippen LogP contribution in [0.1, 0.15) is 56.9 Å². The van der Waals surface area contributed by atoms with Gasteiger partial charge in [0.05, 0.1) is 30.4 Å². The number of hydrogen-bond acceptors (Lipinski definition) is 9. The van der Waals surface area contributed by atoms with Crippen LogP contribution in [0.15, 0.2) is 24.3 Å². The molecule has 220 valence electrons. The van der Waals surface area contributed by atoms with Crippen molar-refractivity contribution in [1.29, 1.82) is 5.41 Å². The third-order valence-electron chi connectivity index (χ3n) is 7.37. The first kappa shape index (κ1) is 30.1. The van der Waals surface area contributed by atoms with Crippen LogP contribution in [0.2, 0.25) is 0 Å². The van der Waals surface area contributed by atoms with E-state index >= 15 is 0 Å². The summed E-state index contributed by atoms with van der Waals surface area (Å²) in [5.41, 5.74) is 1.55. The highest BCUT2D eigenvalue weighted by Gasteiger charge is 2.37. The van der Waals surface area contributed by atoms with Crippen molar-refractivity contribution in [3.63, 3.8) is 0 Å². The number of fused-ring (bicyclic) bond motifs is 1. The fraction of sp³-hybridized carbons (Fsp3) is 0.500. The first-order chi connectivity index (χ1) is 19.6. The van der Waals surface area contributed by atoms with Crippen LogP contribution in [0.25, 0.3) is 0 Å². The van der Waals surface area contributed by atoms with Crippen LogP contribution in [0, 0.1) is 11.3 Å². The van der Waals surface area contributed by atoms with Gasteiger partial charge in [-0.3, -0.25) is 19.8 Å². The molecule has 2 heterocycles. The van der Waals surface area contributed by atoms with Crippen LogP contribution >= 0.6 is 11.3 Å². The number of likely N-dealkylation sites (N-methyl/N-ethyl adjacent to an activating group) is 1. The average Bonchev–Trinajstić information content (AvgIpc) is 3.37. The molecule has 1 saturated carbocycles. The van der Waals surface area contributed by atoms with Crippen LogP contribution in [-0.4, -0.2) is 91.3 Å². The van der Waals surface area contributed by atoms with E-state index in [-0.39, 0.29) is 29.9 Å². The van der Waals surface area contributed by atoms with E-state index in [4.69, 9.17) is 10.1 Å². The zero-order valence-electron chi connectivity index (χ0n) is 23.8. The SMILES string of the molecule is CCOC(=O)N(C=N)c1cccc(C(=O)N[C@H]2CC[C@H](C(=O)N(C)C)C[C@H]2NC(=O)c2nc3c(s2)CN(C)CC3)c1. The van der Waals surface area contributed by atoms with Crippen molar-refractivity contribution in [2.45, 2.75) is 51.2 Å². The zero-order valence-corrected chi connectivity index (χ0v) is 24.6. The van der Waals surface area contributed by atoms with E-state index in [9.17, 15) is 19.2 Å². The van der Waals surface area contributed by atoms with Gasteiger partial charge in [0.2, 0.25) is 5.91 Å². The van der Waals surface area contributed by atoms with Crippen molar-refractivity contribution in [1.82, 2.24) is 25.4 Å². The minimum Gasteiger partial charge on any atom is -0.449 e. The lowest BCUT2D eigenvalue weighted by Gasteiger charge is -2.37. The van der Waals surface area contributed by atoms with Crippen molar-refractivity contribution >= 4 is 47.2 Å². The number of anilines is 1. The molecule has 1 aliphatic heterocycles. The molecular formula is C28H37N7O5S. The Bertz CT molecular complexity index is 1310. The van der Waals surface area contributed by atoms with Gasteiger partial charge in [-0.05, 0) is 51.4 Å². The van der Waals surface area contributed by atoms with E-state index < -0.39 is 24.1 Å². The Morgan fingerprint density at radius 1 is 1.17 bits per heavy atom. The lowest BCUT2D eigenvalue weighted by molar-refractivity contribution is -0.134. The van der Waals surface area contributed by atoms with E-state index in [1.54, 1.807) is 44.1 Å². The smallest absolute Gasteiger partial charge is 0.419 e. The number of thiazole rings is 1. The molecule has 0 bridgehead atoms. The Morgan fingerprint density at radius 2 is 1.93 bits per heavy atom. The number of aromatic nitrogens is 1. The first-order valence-corrected chi connectivity index (χ1v) is 14.5. The van der Waals surface area contributed by atoms with Crippen molar-refractivity contribution in [3.05, 3.63) is 45.4 Å². The fourth-order valence-corrected chi connectivity index (χ4v) is 6.31. The highest BCUT2D eigenvalue weighted by atomic mass is 32.1. The standard InChI is InChI=1S/C28H37N7O5S/c1-5-40-28(39)35(16-29)19-8-6-7-17(13-19)24(36)30-20-10-9-18(27(38)33(2)3)14-22(20)31-25(37)26-32-21-11-12-34(4)15-23(21)41-26/h6-8,13,16,18,20,22,29H,5,9-12,14-15H2,1-4H3,(H,30,36)(H,31,37)/t18-,20-,22+/m0/s1. The molecule has 4 rings (SSSR count).